The Morgan fingerprint density at radius 1 is 1.00 bits per heavy atom. The van der Waals surface area contributed by atoms with Crippen LogP contribution < -0.4 is 14.8 Å². The number of benzene rings is 2. The highest BCUT2D eigenvalue weighted by molar-refractivity contribution is 7.89. The van der Waals surface area contributed by atoms with E-state index in [-0.39, 0.29) is 18.2 Å². The van der Waals surface area contributed by atoms with Gasteiger partial charge in [0.1, 0.15) is 5.75 Å². The van der Waals surface area contributed by atoms with Gasteiger partial charge in [-0.15, -0.1) is 0 Å². The van der Waals surface area contributed by atoms with Gasteiger partial charge in [0.2, 0.25) is 15.9 Å². The van der Waals surface area contributed by atoms with Crippen LogP contribution in [0.1, 0.15) is 17.5 Å². The Balaban J connectivity index is 1.67. The van der Waals surface area contributed by atoms with Crippen LogP contribution in [0.3, 0.4) is 0 Å². The van der Waals surface area contributed by atoms with Crippen LogP contribution in [-0.2, 0) is 27.8 Å². The molecule has 0 unspecified atom stereocenters. The molecule has 0 spiro atoms. The Morgan fingerprint density at radius 3 is 2.35 bits per heavy atom. The Bertz CT molecular complexity index is 790. The maximum atomic E-state index is 12.0. The number of carbonyl (C=O) groups excluding carboxylic acids is 1. The Labute approximate surface area is 154 Å². The van der Waals surface area contributed by atoms with Crippen molar-refractivity contribution in [3.8, 4) is 5.75 Å². The van der Waals surface area contributed by atoms with Crippen molar-refractivity contribution in [1.82, 2.24) is 10.0 Å². The van der Waals surface area contributed by atoms with Gasteiger partial charge in [-0.3, -0.25) is 4.79 Å². The number of sulfonamides is 1. The first-order valence-corrected chi connectivity index (χ1v) is 10.0. The quantitative estimate of drug-likeness (QED) is 0.663. The van der Waals surface area contributed by atoms with Gasteiger partial charge in [-0.1, -0.05) is 42.5 Å². The summed E-state index contributed by atoms with van der Waals surface area (Å²) in [7, 11) is -1.88. The normalized spacial score (nSPS) is 11.1. The zero-order chi connectivity index (χ0) is 18.8. The molecule has 6 nitrogen and oxygen atoms in total. The van der Waals surface area contributed by atoms with Gasteiger partial charge >= 0.3 is 0 Å². The summed E-state index contributed by atoms with van der Waals surface area (Å²) in [5.41, 5.74) is 2.00. The third kappa shape index (κ3) is 7.25. The van der Waals surface area contributed by atoms with E-state index in [1.807, 2.05) is 42.5 Å². The highest BCUT2D eigenvalue weighted by Crippen LogP contribution is 2.10. The Kier molecular flexibility index (Phi) is 7.62. The molecule has 0 bridgehead atoms. The summed E-state index contributed by atoms with van der Waals surface area (Å²) in [6, 6.07) is 17.0. The fourth-order valence-electron chi connectivity index (χ4n) is 2.37. The molecule has 7 heteroatoms. The van der Waals surface area contributed by atoms with Gasteiger partial charge in [0.15, 0.2) is 0 Å². The first kappa shape index (κ1) is 19.9. The maximum absolute atomic E-state index is 12.0. The molecule has 2 rings (SSSR count). The third-order valence-electron chi connectivity index (χ3n) is 3.82. The molecule has 0 aliphatic carbocycles. The average molecular weight is 376 g/mol. The second-order valence-corrected chi connectivity index (χ2v) is 7.78. The molecule has 2 aromatic carbocycles. The third-order valence-corrected chi connectivity index (χ3v) is 5.23. The van der Waals surface area contributed by atoms with Crippen LogP contribution in [0.15, 0.2) is 54.6 Å². The van der Waals surface area contributed by atoms with Gasteiger partial charge in [-0.05, 0) is 36.1 Å². The van der Waals surface area contributed by atoms with Crippen molar-refractivity contribution in [1.29, 1.82) is 0 Å². The molecule has 2 aromatic rings. The van der Waals surface area contributed by atoms with Gasteiger partial charge in [-0.25, -0.2) is 13.1 Å². The van der Waals surface area contributed by atoms with Crippen molar-refractivity contribution in [2.75, 3.05) is 19.4 Å². The molecule has 0 aliphatic rings. The number of hydrogen-bond acceptors (Lipinski definition) is 4. The zero-order valence-corrected chi connectivity index (χ0v) is 15.6. The van der Waals surface area contributed by atoms with Crippen LogP contribution in [0.5, 0.6) is 5.75 Å². The predicted octanol–water partition coefficient (Wildman–Crippen LogP) is 1.86. The van der Waals surface area contributed by atoms with Crippen LogP contribution >= 0.6 is 0 Å². The predicted molar refractivity (Wildman–Crippen MR) is 101 cm³/mol. The molecular weight excluding hydrogens is 352 g/mol. The molecule has 0 aromatic heterocycles. The molecule has 0 heterocycles. The van der Waals surface area contributed by atoms with Crippen molar-refractivity contribution >= 4 is 15.9 Å². The van der Waals surface area contributed by atoms with Crippen LogP contribution in [0, 0.1) is 0 Å². The lowest BCUT2D eigenvalue weighted by molar-refractivity contribution is -0.120. The van der Waals surface area contributed by atoms with Crippen LogP contribution in [0.4, 0.5) is 0 Å². The number of aryl methyl sites for hydroxylation is 1. The highest BCUT2D eigenvalue weighted by Gasteiger charge is 2.12. The number of nitrogens with one attached hydrogen (secondary N) is 2. The molecule has 0 aliphatic heterocycles. The first-order valence-electron chi connectivity index (χ1n) is 8.39. The molecule has 0 saturated carbocycles. The largest absolute Gasteiger partial charge is 0.497 e. The maximum Gasteiger partial charge on any atom is 0.235 e. The Hall–Kier alpha value is -2.38. The summed E-state index contributed by atoms with van der Waals surface area (Å²) in [5.74, 6) is 0.365. The summed E-state index contributed by atoms with van der Waals surface area (Å²) in [6.07, 6.45) is 1.19. The van der Waals surface area contributed by atoms with Gasteiger partial charge < -0.3 is 10.1 Å². The molecule has 1 amide bonds. The van der Waals surface area contributed by atoms with Crippen LogP contribution in [0.25, 0.3) is 0 Å². The van der Waals surface area contributed by atoms with Crippen molar-refractivity contribution in [3.63, 3.8) is 0 Å². The molecule has 26 heavy (non-hydrogen) atoms. The minimum absolute atomic E-state index is 0.00630. The van der Waals surface area contributed by atoms with E-state index in [9.17, 15) is 13.2 Å². The lowest BCUT2D eigenvalue weighted by Crippen LogP contribution is -2.37. The minimum Gasteiger partial charge on any atom is -0.497 e. The summed E-state index contributed by atoms with van der Waals surface area (Å²) in [5, 5.41) is 2.68. The fraction of sp³-hybridized carbons (Fsp3) is 0.316. The SMILES string of the molecule is COc1ccc(CNC(=O)CNS(=O)(=O)CCCc2ccccc2)cc1. The summed E-state index contributed by atoms with van der Waals surface area (Å²) >= 11 is 0. The fourth-order valence-corrected chi connectivity index (χ4v) is 3.38. The number of hydrogen-bond donors (Lipinski definition) is 2. The van der Waals surface area contributed by atoms with E-state index in [1.165, 1.54) is 0 Å². The second kappa shape index (κ2) is 9.94. The first-order chi connectivity index (χ1) is 12.5. The van der Waals surface area contributed by atoms with E-state index in [1.54, 1.807) is 19.2 Å². The van der Waals surface area contributed by atoms with E-state index >= 15 is 0 Å². The van der Waals surface area contributed by atoms with Crippen molar-refractivity contribution < 1.29 is 17.9 Å². The monoisotopic (exact) mass is 376 g/mol. The molecular formula is C19H24N2O4S. The van der Waals surface area contributed by atoms with Gasteiger partial charge in [0.05, 0.1) is 19.4 Å². The number of ether oxygens (including phenoxy) is 1. The number of methoxy groups -OCH3 is 1. The van der Waals surface area contributed by atoms with Gasteiger partial charge in [0, 0.05) is 6.54 Å². The zero-order valence-electron chi connectivity index (χ0n) is 14.8. The smallest absolute Gasteiger partial charge is 0.235 e. The number of amides is 1. The minimum atomic E-state index is -3.47. The molecule has 140 valence electrons. The topological polar surface area (TPSA) is 84.5 Å². The van der Waals surface area contributed by atoms with E-state index in [4.69, 9.17) is 4.74 Å². The standard InChI is InChI=1S/C19H24N2O4S/c1-25-18-11-9-17(10-12-18)14-20-19(22)15-21-26(23,24)13-5-8-16-6-3-2-4-7-16/h2-4,6-7,9-12,21H,5,8,13-15H2,1H3,(H,20,22). The van der Waals surface area contributed by atoms with Crippen LogP contribution in [-0.4, -0.2) is 33.7 Å². The van der Waals surface area contributed by atoms with Gasteiger partial charge in [-0.2, -0.15) is 0 Å². The van der Waals surface area contributed by atoms with Crippen molar-refractivity contribution in [3.05, 3.63) is 65.7 Å². The van der Waals surface area contributed by atoms with Gasteiger partial charge in [0.25, 0.3) is 0 Å². The summed E-state index contributed by atoms with van der Waals surface area (Å²) in [4.78, 5) is 11.8. The van der Waals surface area contributed by atoms with E-state index < -0.39 is 10.0 Å². The molecule has 2 N–H and O–H groups in total. The summed E-state index contributed by atoms with van der Waals surface area (Å²) < 4.78 is 31.3. The van der Waals surface area contributed by atoms with Crippen molar-refractivity contribution in [2.45, 2.75) is 19.4 Å². The molecule has 0 saturated heterocycles. The highest BCUT2D eigenvalue weighted by atomic mass is 32.2. The average Bonchev–Trinajstić information content (AvgIpc) is 2.66. The lowest BCUT2D eigenvalue weighted by atomic mass is 10.1. The number of carbonyl (C=O) groups is 1. The summed E-state index contributed by atoms with van der Waals surface area (Å²) in [6.45, 7) is 0.0718. The van der Waals surface area contributed by atoms with Crippen LogP contribution in [0.2, 0.25) is 0 Å². The van der Waals surface area contributed by atoms with E-state index in [2.05, 4.69) is 10.0 Å². The molecule has 0 atom stereocenters. The lowest BCUT2D eigenvalue weighted by Gasteiger charge is -2.08. The second-order valence-electron chi connectivity index (χ2n) is 5.85. The number of rotatable bonds is 10. The Morgan fingerprint density at radius 2 is 1.69 bits per heavy atom. The molecule has 0 fully saturated rings. The van der Waals surface area contributed by atoms with E-state index in [0.29, 0.717) is 19.4 Å². The molecule has 0 radical (unpaired) electrons. The van der Waals surface area contributed by atoms with E-state index in [0.717, 1.165) is 16.9 Å². The van der Waals surface area contributed by atoms with Crippen molar-refractivity contribution in [2.24, 2.45) is 0 Å².